The molecular weight excluding hydrogens is 378 g/mol. The average Bonchev–Trinajstić information content (AvgIpc) is 2.79. The zero-order chi connectivity index (χ0) is 15.0. The fourth-order valence-corrected chi connectivity index (χ4v) is 4.34. The van der Waals surface area contributed by atoms with Crippen molar-refractivity contribution in [3.8, 4) is 0 Å². The molecule has 1 aliphatic heterocycles. The second-order valence-electron chi connectivity index (χ2n) is 5.02. The molecule has 112 valence electrons. The molecule has 0 unspecified atom stereocenters. The molecule has 0 amide bonds. The van der Waals surface area contributed by atoms with E-state index >= 15 is 0 Å². The van der Waals surface area contributed by atoms with Gasteiger partial charge < -0.3 is 0 Å². The van der Waals surface area contributed by atoms with Crippen LogP contribution in [0.15, 0.2) is 46.0 Å². The Morgan fingerprint density at radius 2 is 1.95 bits per heavy atom. The van der Waals surface area contributed by atoms with Gasteiger partial charge in [0.2, 0.25) is 10.0 Å². The molecule has 0 atom stereocenters. The maximum atomic E-state index is 12.4. The van der Waals surface area contributed by atoms with Crippen molar-refractivity contribution in [1.82, 2.24) is 14.1 Å². The first-order chi connectivity index (χ1) is 9.95. The first kappa shape index (κ1) is 15.0. The minimum absolute atomic E-state index is 0.284. The third-order valence-corrected chi connectivity index (χ3v) is 5.93. The van der Waals surface area contributed by atoms with Crippen LogP contribution in [-0.2, 0) is 16.6 Å². The lowest BCUT2D eigenvalue weighted by Gasteiger charge is -2.37. The number of nitrogens with zero attached hydrogens (tertiary/aromatic N) is 3. The molecule has 1 aromatic heterocycles. The van der Waals surface area contributed by atoms with Crippen molar-refractivity contribution in [3.05, 3.63) is 46.2 Å². The van der Waals surface area contributed by atoms with Crippen molar-refractivity contribution in [2.45, 2.75) is 11.4 Å². The molecule has 0 aliphatic carbocycles. The largest absolute Gasteiger partial charge is 0.271 e. The third-order valence-electron chi connectivity index (χ3n) is 3.42. The first-order valence-electron chi connectivity index (χ1n) is 6.39. The maximum Gasteiger partial charge on any atom is 0.243 e. The van der Waals surface area contributed by atoms with Crippen LogP contribution >= 0.6 is 27.5 Å². The summed E-state index contributed by atoms with van der Waals surface area (Å²) < 4.78 is 29.0. The van der Waals surface area contributed by atoms with E-state index in [2.05, 4.69) is 21.0 Å². The van der Waals surface area contributed by atoms with E-state index in [1.165, 1.54) is 16.4 Å². The van der Waals surface area contributed by atoms with Crippen molar-refractivity contribution in [2.24, 2.45) is 5.92 Å². The van der Waals surface area contributed by atoms with Gasteiger partial charge in [0.25, 0.3) is 0 Å². The number of hydrogen-bond donors (Lipinski definition) is 0. The number of halogens is 2. The topological polar surface area (TPSA) is 55.2 Å². The summed E-state index contributed by atoms with van der Waals surface area (Å²) in [6, 6.07) is 6.26. The summed E-state index contributed by atoms with van der Waals surface area (Å²) in [6.45, 7) is 1.75. The summed E-state index contributed by atoms with van der Waals surface area (Å²) in [7, 11) is -3.40. The molecule has 0 bridgehead atoms. The van der Waals surface area contributed by atoms with Crippen molar-refractivity contribution >= 4 is 37.6 Å². The highest BCUT2D eigenvalue weighted by molar-refractivity contribution is 9.10. The van der Waals surface area contributed by atoms with Crippen molar-refractivity contribution in [1.29, 1.82) is 0 Å². The molecule has 1 saturated heterocycles. The van der Waals surface area contributed by atoms with E-state index in [9.17, 15) is 8.42 Å². The van der Waals surface area contributed by atoms with Gasteiger partial charge in [-0.2, -0.15) is 9.40 Å². The SMILES string of the molecule is O=S(=O)(c1ccc(Cl)cc1)N1CC(Cn2cc(Br)cn2)C1. The minimum Gasteiger partial charge on any atom is -0.271 e. The van der Waals surface area contributed by atoms with Crippen molar-refractivity contribution in [3.63, 3.8) is 0 Å². The zero-order valence-corrected chi connectivity index (χ0v) is 14.1. The number of rotatable bonds is 4. The summed E-state index contributed by atoms with van der Waals surface area (Å²) in [5.41, 5.74) is 0. The fraction of sp³-hybridized carbons (Fsp3) is 0.308. The van der Waals surface area contributed by atoms with Gasteiger partial charge in [-0.05, 0) is 40.2 Å². The van der Waals surface area contributed by atoms with Gasteiger partial charge in [-0.15, -0.1) is 0 Å². The molecule has 0 N–H and O–H groups in total. The van der Waals surface area contributed by atoms with E-state index in [4.69, 9.17) is 11.6 Å². The Kier molecular flexibility index (Phi) is 4.09. The molecule has 2 aromatic rings. The molecule has 5 nitrogen and oxygen atoms in total. The summed E-state index contributed by atoms with van der Waals surface area (Å²) in [4.78, 5) is 0.284. The summed E-state index contributed by atoms with van der Waals surface area (Å²) in [5, 5.41) is 4.71. The summed E-state index contributed by atoms with van der Waals surface area (Å²) in [5.74, 6) is 0.291. The summed E-state index contributed by atoms with van der Waals surface area (Å²) in [6.07, 6.45) is 3.61. The van der Waals surface area contributed by atoms with Crippen molar-refractivity contribution in [2.75, 3.05) is 13.1 Å². The number of benzene rings is 1. The lowest BCUT2D eigenvalue weighted by molar-refractivity contribution is 0.175. The van der Waals surface area contributed by atoms with Crippen LogP contribution in [0.3, 0.4) is 0 Å². The Bertz CT molecular complexity index is 739. The second kappa shape index (κ2) is 5.72. The predicted octanol–water partition coefficient (Wildman–Crippen LogP) is 2.62. The summed E-state index contributed by atoms with van der Waals surface area (Å²) >= 11 is 9.12. The van der Waals surface area contributed by atoms with Crippen molar-refractivity contribution < 1.29 is 8.42 Å². The van der Waals surface area contributed by atoms with Crippen LogP contribution in [0, 0.1) is 5.92 Å². The van der Waals surface area contributed by atoms with Gasteiger partial charge in [-0.3, -0.25) is 4.68 Å². The van der Waals surface area contributed by atoms with E-state index in [1.54, 1.807) is 18.3 Å². The Morgan fingerprint density at radius 3 is 2.52 bits per heavy atom. The Balaban J connectivity index is 1.63. The Morgan fingerprint density at radius 1 is 1.29 bits per heavy atom. The molecular formula is C13H13BrClN3O2S. The van der Waals surface area contributed by atoms with E-state index in [1.807, 2.05) is 10.9 Å². The monoisotopic (exact) mass is 389 g/mol. The molecule has 0 radical (unpaired) electrons. The van der Waals surface area contributed by atoms with E-state index in [-0.39, 0.29) is 4.90 Å². The van der Waals surface area contributed by atoms with E-state index < -0.39 is 10.0 Å². The van der Waals surface area contributed by atoms with E-state index in [0.717, 1.165) is 11.0 Å². The lowest BCUT2D eigenvalue weighted by atomic mass is 10.0. The Hall–Kier alpha value is -0.890. The van der Waals surface area contributed by atoms with Crippen LogP contribution in [-0.4, -0.2) is 35.6 Å². The third kappa shape index (κ3) is 3.15. The molecule has 0 saturated carbocycles. The Labute approximate surface area is 136 Å². The number of sulfonamides is 1. The molecule has 0 spiro atoms. The zero-order valence-electron chi connectivity index (χ0n) is 11.0. The smallest absolute Gasteiger partial charge is 0.243 e. The van der Waals surface area contributed by atoms with Gasteiger partial charge >= 0.3 is 0 Å². The number of aromatic nitrogens is 2. The minimum atomic E-state index is -3.40. The van der Waals surface area contributed by atoms with Crippen LogP contribution in [0.4, 0.5) is 0 Å². The quantitative estimate of drug-likeness (QED) is 0.806. The van der Waals surface area contributed by atoms with Gasteiger partial charge in [0.05, 0.1) is 15.6 Å². The van der Waals surface area contributed by atoms with Gasteiger partial charge in [0.1, 0.15) is 0 Å². The van der Waals surface area contributed by atoms with Gasteiger partial charge in [0, 0.05) is 36.8 Å². The molecule has 1 fully saturated rings. The van der Waals surface area contributed by atoms with Crippen LogP contribution < -0.4 is 0 Å². The molecule has 2 heterocycles. The number of hydrogen-bond acceptors (Lipinski definition) is 3. The molecule has 3 rings (SSSR count). The highest BCUT2D eigenvalue weighted by Gasteiger charge is 2.36. The van der Waals surface area contributed by atoms with Crippen LogP contribution in [0.2, 0.25) is 5.02 Å². The molecule has 1 aromatic carbocycles. The average molecular weight is 391 g/mol. The maximum absolute atomic E-state index is 12.4. The highest BCUT2D eigenvalue weighted by Crippen LogP contribution is 2.27. The van der Waals surface area contributed by atoms with E-state index in [0.29, 0.717) is 24.0 Å². The lowest BCUT2D eigenvalue weighted by Crippen LogP contribution is -2.51. The normalized spacial score (nSPS) is 16.9. The first-order valence-corrected chi connectivity index (χ1v) is 9.00. The molecule has 1 aliphatic rings. The van der Waals surface area contributed by atoms with Gasteiger partial charge in [-0.1, -0.05) is 11.6 Å². The highest BCUT2D eigenvalue weighted by atomic mass is 79.9. The standard InChI is InChI=1S/C13H13BrClN3O2S/c14-11-5-16-17(9-11)6-10-7-18(8-10)21(19,20)13-3-1-12(15)2-4-13/h1-5,9-10H,6-8H2. The second-order valence-corrected chi connectivity index (χ2v) is 8.31. The molecule has 21 heavy (non-hydrogen) atoms. The van der Waals surface area contributed by atoms with Crippen LogP contribution in [0.5, 0.6) is 0 Å². The van der Waals surface area contributed by atoms with Gasteiger partial charge in [-0.25, -0.2) is 8.42 Å². The fourth-order valence-electron chi connectivity index (χ4n) is 2.29. The van der Waals surface area contributed by atoms with Gasteiger partial charge in [0.15, 0.2) is 0 Å². The van der Waals surface area contributed by atoms with Crippen LogP contribution in [0.25, 0.3) is 0 Å². The molecule has 8 heteroatoms. The predicted molar refractivity (Wildman–Crippen MR) is 83.6 cm³/mol. The van der Waals surface area contributed by atoms with Crippen LogP contribution in [0.1, 0.15) is 0 Å².